The second-order valence-corrected chi connectivity index (χ2v) is 4.81. The number of nitrogens with zero attached hydrogens (tertiary/aromatic N) is 1. The summed E-state index contributed by atoms with van der Waals surface area (Å²) >= 11 is 0. The van der Waals surface area contributed by atoms with E-state index in [9.17, 15) is 9.59 Å². The zero-order valence-electron chi connectivity index (χ0n) is 10.7. The molecule has 1 aromatic heterocycles. The molecule has 1 heterocycles. The molecule has 1 fully saturated rings. The van der Waals surface area contributed by atoms with Crippen LogP contribution in [0.2, 0.25) is 0 Å². The number of aromatic amines is 1. The van der Waals surface area contributed by atoms with Crippen LogP contribution in [0.4, 0.5) is 0 Å². The Morgan fingerprint density at radius 1 is 1.50 bits per heavy atom. The molecular formula is C13H18N2O3. The van der Waals surface area contributed by atoms with E-state index in [-0.39, 0.29) is 5.91 Å². The highest BCUT2D eigenvalue weighted by Crippen LogP contribution is 2.43. The zero-order chi connectivity index (χ0) is 13.2. The Bertz CT molecular complexity index is 435. The van der Waals surface area contributed by atoms with Gasteiger partial charge in [0.05, 0.1) is 7.11 Å². The number of hydrogen-bond donors (Lipinski definition) is 1. The Balaban J connectivity index is 2.07. The summed E-state index contributed by atoms with van der Waals surface area (Å²) in [5, 5.41) is 0. The number of esters is 1. The van der Waals surface area contributed by atoms with Crippen molar-refractivity contribution < 1.29 is 14.3 Å². The van der Waals surface area contributed by atoms with Crippen LogP contribution in [0.3, 0.4) is 0 Å². The molecule has 1 aliphatic carbocycles. The van der Waals surface area contributed by atoms with Crippen LogP contribution in [0.5, 0.6) is 0 Å². The molecule has 18 heavy (non-hydrogen) atoms. The summed E-state index contributed by atoms with van der Waals surface area (Å²) in [4.78, 5) is 28.7. The number of H-pyrrole nitrogens is 1. The number of aromatic nitrogens is 1. The van der Waals surface area contributed by atoms with Crippen LogP contribution in [0.25, 0.3) is 0 Å². The van der Waals surface area contributed by atoms with Crippen molar-refractivity contribution in [3.05, 3.63) is 24.0 Å². The molecule has 0 unspecified atom stereocenters. The third kappa shape index (κ3) is 2.00. The highest BCUT2D eigenvalue weighted by atomic mass is 16.5. The Morgan fingerprint density at radius 3 is 2.67 bits per heavy atom. The number of nitrogens with one attached hydrogen (secondary N) is 1. The topological polar surface area (TPSA) is 62.4 Å². The van der Waals surface area contributed by atoms with Crippen LogP contribution in [-0.4, -0.2) is 35.9 Å². The quantitative estimate of drug-likeness (QED) is 0.647. The van der Waals surface area contributed by atoms with Crippen LogP contribution in [0.1, 0.15) is 24.8 Å². The van der Waals surface area contributed by atoms with Gasteiger partial charge >= 0.3 is 5.97 Å². The SMILES string of the molecule is COC(=O)C1(C(=O)N(C)Cc2cc[nH]c2)CCC1. The maximum atomic E-state index is 12.4. The van der Waals surface area contributed by atoms with Gasteiger partial charge in [-0.05, 0) is 24.5 Å². The first-order chi connectivity index (χ1) is 8.60. The van der Waals surface area contributed by atoms with Gasteiger partial charge in [-0.15, -0.1) is 0 Å². The smallest absolute Gasteiger partial charge is 0.321 e. The number of rotatable bonds is 4. The normalized spacial score (nSPS) is 16.8. The Kier molecular flexibility index (Phi) is 3.41. The minimum Gasteiger partial charge on any atom is -0.468 e. The fraction of sp³-hybridized carbons (Fsp3) is 0.538. The molecule has 98 valence electrons. The highest BCUT2D eigenvalue weighted by molar-refractivity contribution is 6.03. The van der Waals surface area contributed by atoms with Crippen molar-refractivity contribution in [1.29, 1.82) is 0 Å². The van der Waals surface area contributed by atoms with E-state index in [1.54, 1.807) is 11.9 Å². The summed E-state index contributed by atoms with van der Waals surface area (Å²) in [5.74, 6) is -0.540. The summed E-state index contributed by atoms with van der Waals surface area (Å²) in [7, 11) is 3.06. The van der Waals surface area contributed by atoms with E-state index >= 15 is 0 Å². The predicted octanol–water partition coefficient (Wildman–Crippen LogP) is 1.32. The first-order valence-corrected chi connectivity index (χ1v) is 6.06. The zero-order valence-corrected chi connectivity index (χ0v) is 10.7. The van der Waals surface area contributed by atoms with Crippen molar-refractivity contribution in [2.75, 3.05) is 14.2 Å². The van der Waals surface area contributed by atoms with Gasteiger partial charge in [-0.3, -0.25) is 9.59 Å². The van der Waals surface area contributed by atoms with Crippen molar-refractivity contribution in [1.82, 2.24) is 9.88 Å². The molecule has 5 heteroatoms. The summed E-state index contributed by atoms with van der Waals surface area (Å²) in [6, 6.07) is 1.91. The molecule has 0 saturated heterocycles. The monoisotopic (exact) mass is 250 g/mol. The van der Waals surface area contributed by atoms with Gasteiger partial charge in [0.2, 0.25) is 5.91 Å². The summed E-state index contributed by atoms with van der Waals surface area (Å²) in [6.07, 6.45) is 5.74. The predicted molar refractivity (Wildman–Crippen MR) is 65.6 cm³/mol. The van der Waals surface area contributed by atoms with Gasteiger partial charge in [0, 0.05) is 26.0 Å². The van der Waals surface area contributed by atoms with Gasteiger partial charge in [-0.1, -0.05) is 6.42 Å². The lowest BCUT2D eigenvalue weighted by Crippen LogP contribution is -2.51. The van der Waals surface area contributed by atoms with Crippen LogP contribution >= 0.6 is 0 Å². The number of hydrogen-bond acceptors (Lipinski definition) is 3. The number of carbonyl (C=O) groups excluding carboxylic acids is 2. The van der Waals surface area contributed by atoms with E-state index in [1.165, 1.54) is 7.11 Å². The van der Waals surface area contributed by atoms with Gasteiger partial charge in [0.15, 0.2) is 0 Å². The van der Waals surface area contributed by atoms with Gasteiger partial charge in [-0.2, -0.15) is 0 Å². The fourth-order valence-corrected chi connectivity index (χ4v) is 2.40. The van der Waals surface area contributed by atoms with Crippen molar-refractivity contribution in [2.45, 2.75) is 25.8 Å². The van der Waals surface area contributed by atoms with Crippen molar-refractivity contribution in [3.63, 3.8) is 0 Å². The maximum absolute atomic E-state index is 12.4. The Hall–Kier alpha value is -1.78. The molecular weight excluding hydrogens is 232 g/mol. The molecule has 0 radical (unpaired) electrons. The lowest BCUT2D eigenvalue weighted by atomic mass is 9.67. The van der Waals surface area contributed by atoms with Crippen LogP contribution < -0.4 is 0 Å². The minimum absolute atomic E-state index is 0.137. The van der Waals surface area contributed by atoms with Crippen LogP contribution in [0.15, 0.2) is 18.5 Å². The third-order valence-corrected chi connectivity index (χ3v) is 3.62. The lowest BCUT2D eigenvalue weighted by molar-refractivity contribution is -0.169. The molecule has 0 aliphatic heterocycles. The van der Waals surface area contributed by atoms with E-state index in [2.05, 4.69) is 4.98 Å². The molecule has 0 atom stereocenters. The van der Waals surface area contributed by atoms with Gasteiger partial charge in [0.25, 0.3) is 0 Å². The fourth-order valence-electron chi connectivity index (χ4n) is 2.40. The number of methoxy groups -OCH3 is 1. The number of amides is 1. The second kappa shape index (κ2) is 4.84. The summed E-state index contributed by atoms with van der Waals surface area (Å²) in [5.41, 5.74) is 0.0879. The summed E-state index contributed by atoms with van der Waals surface area (Å²) in [6.45, 7) is 0.501. The largest absolute Gasteiger partial charge is 0.468 e. The third-order valence-electron chi connectivity index (χ3n) is 3.62. The molecule has 0 aromatic carbocycles. The summed E-state index contributed by atoms with van der Waals surface area (Å²) < 4.78 is 4.77. The molecule has 1 amide bonds. The average Bonchev–Trinajstić information content (AvgIpc) is 2.79. The Labute approximate surface area is 106 Å². The standard InChI is InChI=1S/C13H18N2O3/c1-15(9-10-4-7-14-8-10)11(16)13(5-3-6-13)12(17)18-2/h4,7-8,14H,3,5-6,9H2,1-2H3. The molecule has 1 saturated carbocycles. The van der Waals surface area contributed by atoms with E-state index in [0.717, 1.165) is 12.0 Å². The highest BCUT2D eigenvalue weighted by Gasteiger charge is 2.53. The first kappa shape index (κ1) is 12.7. The van der Waals surface area contributed by atoms with Crippen LogP contribution in [-0.2, 0) is 20.9 Å². The van der Waals surface area contributed by atoms with E-state index < -0.39 is 11.4 Å². The van der Waals surface area contributed by atoms with Crippen molar-refractivity contribution in [2.24, 2.45) is 5.41 Å². The van der Waals surface area contributed by atoms with Gasteiger partial charge in [0.1, 0.15) is 5.41 Å². The lowest BCUT2D eigenvalue weighted by Gasteiger charge is -2.39. The molecule has 0 spiro atoms. The maximum Gasteiger partial charge on any atom is 0.321 e. The Morgan fingerprint density at radius 2 is 2.22 bits per heavy atom. The molecule has 2 rings (SSSR count). The van der Waals surface area contributed by atoms with Crippen molar-refractivity contribution >= 4 is 11.9 Å². The number of carbonyl (C=O) groups is 2. The van der Waals surface area contributed by atoms with E-state index in [4.69, 9.17) is 4.74 Å². The first-order valence-electron chi connectivity index (χ1n) is 6.06. The van der Waals surface area contributed by atoms with Gasteiger partial charge in [-0.25, -0.2) is 0 Å². The van der Waals surface area contributed by atoms with Crippen molar-refractivity contribution in [3.8, 4) is 0 Å². The molecule has 0 bridgehead atoms. The minimum atomic E-state index is -0.931. The molecule has 5 nitrogen and oxygen atoms in total. The molecule has 1 aromatic rings. The average molecular weight is 250 g/mol. The van der Waals surface area contributed by atoms with E-state index in [0.29, 0.717) is 19.4 Å². The molecule has 1 N–H and O–H groups in total. The van der Waals surface area contributed by atoms with E-state index in [1.807, 2.05) is 18.5 Å². The van der Waals surface area contributed by atoms with Crippen LogP contribution in [0, 0.1) is 5.41 Å². The van der Waals surface area contributed by atoms with Gasteiger partial charge < -0.3 is 14.6 Å². The molecule has 1 aliphatic rings. The number of ether oxygens (including phenoxy) is 1. The second-order valence-electron chi connectivity index (χ2n) is 4.81.